The lowest BCUT2D eigenvalue weighted by atomic mass is 10.1. The molecule has 0 saturated carbocycles. The van der Waals surface area contributed by atoms with Gasteiger partial charge >= 0.3 is 0 Å². The molecule has 0 fully saturated rings. The number of carbonyl (C=O) groups excluding carboxylic acids is 1. The number of aromatic nitrogens is 3. The van der Waals surface area contributed by atoms with Crippen LogP contribution in [0.4, 0.5) is 5.69 Å². The maximum atomic E-state index is 10.8. The molecule has 0 saturated heterocycles. The first-order valence-corrected chi connectivity index (χ1v) is 8.78. The molecule has 0 aliphatic rings. The zero-order valence-corrected chi connectivity index (χ0v) is 15.8. The fourth-order valence-electron chi connectivity index (χ4n) is 2.61. The van der Waals surface area contributed by atoms with E-state index < -0.39 is 0 Å². The highest BCUT2D eigenvalue weighted by Gasteiger charge is 2.08. The highest BCUT2D eigenvalue weighted by molar-refractivity contribution is 6.30. The summed E-state index contributed by atoms with van der Waals surface area (Å²) < 4.78 is 1.63. The van der Waals surface area contributed by atoms with Gasteiger partial charge in [-0.1, -0.05) is 35.9 Å². The summed E-state index contributed by atoms with van der Waals surface area (Å²) in [7, 11) is 1.93. The SMILES string of the molecule is CNc1cccc(C)c1.O=Cc1ccn2ncc(-c3cccc(Cl)c3)c2n1. The molecule has 0 aliphatic carbocycles. The maximum absolute atomic E-state index is 10.8. The molecular formula is C21H19ClN4O. The zero-order valence-electron chi connectivity index (χ0n) is 15.1. The third kappa shape index (κ3) is 4.51. The average Bonchev–Trinajstić information content (AvgIpc) is 3.11. The fraction of sp³-hybridized carbons (Fsp3) is 0.0952. The molecule has 6 heteroatoms. The van der Waals surface area contributed by atoms with E-state index in [1.807, 2.05) is 37.4 Å². The van der Waals surface area contributed by atoms with Crippen LogP contribution in [0.3, 0.4) is 0 Å². The van der Waals surface area contributed by atoms with Crippen molar-refractivity contribution in [3.05, 3.63) is 83.3 Å². The Bertz CT molecular complexity index is 1070. The van der Waals surface area contributed by atoms with Crippen LogP contribution < -0.4 is 5.32 Å². The van der Waals surface area contributed by atoms with E-state index >= 15 is 0 Å². The van der Waals surface area contributed by atoms with Gasteiger partial charge < -0.3 is 5.32 Å². The summed E-state index contributed by atoms with van der Waals surface area (Å²) >= 11 is 5.97. The Morgan fingerprint density at radius 2 is 1.93 bits per heavy atom. The summed E-state index contributed by atoms with van der Waals surface area (Å²) in [5.74, 6) is 0. The van der Waals surface area contributed by atoms with Gasteiger partial charge in [0, 0.05) is 29.5 Å². The predicted octanol–water partition coefficient (Wildman–Crippen LogP) is 4.90. The molecule has 0 aliphatic heterocycles. The Balaban J connectivity index is 0.000000197. The van der Waals surface area contributed by atoms with Gasteiger partial charge in [0.1, 0.15) is 5.69 Å². The van der Waals surface area contributed by atoms with Crippen LogP contribution in [0.1, 0.15) is 16.1 Å². The minimum absolute atomic E-state index is 0.381. The van der Waals surface area contributed by atoms with Gasteiger partial charge in [0.25, 0.3) is 0 Å². The summed E-state index contributed by atoms with van der Waals surface area (Å²) in [6, 6.07) is 17.3. The van der Waals surface area contributed by atoms with Crippen molar-refractivity contribution in [2.24, 2.45) is 0 Å². The molecule has 2 aromatic carbocycles. The second-order valence-electron chi connectivity index (χ2n) is 5.93. The predicted molar refractivity (Wildman–Crippen MR) is 110 cm³/mol. The van der Waals surface area contributed by atoms with Gasteiger partial charge in [-0.15, -0.1) is 0 Å². The highest BCUT2D eigenvalue weighted by Crippen LogP contribution is 2.25. The number of hydrogen-bond acceptors (Lipinski definition) is 4. The molecule has 0 spiro atoms. The lowest BCUT2D eigenvalue weighted by Gasteiger charge is -2.00. The largest absolute Gasteiger partial charge is 0.388 e. The van der Waals surface area contributed by atoms with Crippen LogP contribution in [-0.2, 0) is 0 Å². The van der Waals surface area contributed by atoms with Crippen LogP contribution in [0.25, 0.3) is 16.8 Å². The first-order chi connectivity index (χ1) is 13.1. The van der Waals surface area contributed by atoms with E-state index in [1.54, 1.807) is 29.0 Å². The second kappa shape index (κ2) is 8.47. The Hall–Kier alpha value is -3.18. The third-order valence-corrected chi connectivity index (χ3v) is 4.19. The van der Waals surface area contributed by atoms with Crippen LogP contribution >= 0.6 is 11.6 Å². The number of fused-ring (bicyclic) bond motifs is 1. The van der Waals surface area contributed by atoms with Gasteiger partial charge in [0.05, 0.1) is 6.20 Å². The van der Waals surface area contributed by atoms with Crippen molar-refractivity contribution in [2.75, 3.05) is 12.4 Å². The molecule has 1 N–H and O–H groups in total. The molecule has 0 unspecified atom stereocenters. The van der Waals surface area contributed by atoms with E-state index in [9.17, 15) is 4.79 Å². The van der Waals surface area contributed by atoms with E-state index in [0.29, 0.717) is 16.4 Å². The number of halogens is 1. The van der Waals surface area contributed by atoms with Crippen LogP contribution in [0, 0.1) is 6.92 Å². The number of carbonyl (C=O) groups is 1. The molecule has 27 heavy (non-hydrogen) atoms. The molecule has 4 rings (SSSR count). The lowest BCUT2D eigenvalue weighted by Crippen LogP contribution is -1.94. The van der Waals surface area contributed by atoms with Crippen LogP contribution in [0.5, 0.6) is 0 Å². The number of hydrogen-bond donors (Lipinski definition) is 1. The van der Waals surface area contributed by atoms with Crippen molar-refractivity contribution < 1.29 is 4.79 Å². The van der Waals surface area contributed by atoms with Crippen molar-refractivity contribution in [3.8, 4) is 11.1 Å². The summed E-state index contributed by atoms with van der Waals surface area (Å²) in [6.07, 6.45) is 4.14. The molecule has 5 nitrogen and oxygen atoms in total. The molecule has 2 aromatic heterocycles. The average molecular weight is 379 g/mol. The summed E-state index contributed by atoms with van der Waals surface area (Å²) in [4.78, 5) is 15.0. The molecular weight excluding hydrogens is 360 g/mol. The van der Waals surface area contributed by atoms with Crippen LogP contribution in [0.2, 0.25) is 5.02 Å². The fourth-order valence-corrected chi connectivity index (χ4v) is 2.80. The van der Waals surface area contributed by atoms with E-state index in [1.165, 1.54) is 11.3 Å². The molecule has 2 heterocycles. The summed E-state index contributed by atoms with van der Waals surface area (Å²) in [6.45, 7) is 2.08. The molecule has 0 amide bonds. The van der Waals surface area contributed by atoms with Crippen molar-refractivity contribution in [1.29, 1.82) is 0 Å². The number of rotatable bonds is 3. The molecule has 0 radical (unpaired) electrons. The lowest BCUT2D eigenvalue weighted by molar-refractivity contribution is 0.111. The second-order valence-corrected chi connectivity index (χ2v) is 6.36. The number of benzene rings is 2. The Kier molecular flexibility index (Phi) is 5.84. The normalized spacial score (nSPS) is 10.2. The third-order valence-electron chi connectivity index (χ3n) is 3.95. The highest BCUT2D eigenvalue weighted by atomic mass is 35.5. The molecule has 136 valence electrons. The monoisotopic (exact) mass is 378 g/mol. The van der Waals surface area contributed by atoms with Gasteiger partial charge in [-0.25, -0.2) is 9.50 Å². The van der Waals surface area contributed by atoms with Crippen molar-refractivity contribution in [1.82, 2.24) is 14.6 Å². The van der Waals surface area contributed by atoms with Crippen molar-refractivity contribution in [3.63, 3.8) is 0 Å². The van der Waals surface area contributed by atoms with Crippen molar-refractivity contribution in [2.45, 2.75) is 6.92 Å². The number of aldehydes is 1. The number of nitrogens with zero attached hydrogens (tertiary/aromatic N) is 3. The molecule has 0 atom stereocenters. The first kappa shape index (κ1) is 18.6. The quantitative estimate of drug-likeness (QED) is 0.515. The van der Waals surface area contributed by atoms with E-state index in [4.69, 9.17) is 11.6 Å². The molecule has 0 bridgehead atoms. The van der Waals surface area contributed by atoms with Gasteiger partial charge in [0.15, 0.2) is 11.9 Å². The van der Waals surface area contributed by atoms with E-state index in [-0.39, 0.29) is 0 Å². The Labute approximate surface area is 162 Å². The van der Waals surface area contributed by atoms with Gasteiger partial charge in [-0.2, -0.15) is 5.10 Å². The number of aryl methyl sites for hydroxylation is 1. The van der Waals surface area contributed by atoms with Gasteiger partial charge in [0.2, 0.25) is 0 Å². The van der Waals surface area contributed by atoms with E-state index in [2.05, 4.69) is 34.5 Å². The minimum Gasteiger partial charge on any atom is -0.388 e. The minimum atomic E-state index is 0.381. The first-order valence-electron chi connectivity index (χ1n) is 8.40. The van der Waals surface area contributed by atoms with Crippen molar-refractivity contribution >= 4 is 29.2 Å². The van der Waals surface area contributed by atoms with E-state index in [0.717, 1.165) is 17.4 Å². The Morgan fingerprint density at radius 3 is 2.59 bits per heavy atom. The standard InChI is InChI=1S/C13H8ClN3O.C8H11N/c14-10-3-1-2-9(6-10)12-7-15-17-5-4-11(8-18)16-13(12)17;1-7-4-3-5-8(6-7)9-2/h1-8H;3-6,9H,1-2H3. The van der Waals surface area contributed by atoms with Gasteiger partial charge in [-0.3, -0.25) is 4.79 Å². The zero-order chi connectivity index (χ0) is 19.2. The smallest absolute Gasteiger partial charge is 0.168 e. The maximum Gasteiger partial charge on any atom is 0.168 e. The summed E-state index contributed by atoms with van der Waals surface area (Å²) in [5.41, 5.74) is 5.26. The van der Waals surface area contributed by atoms with Gasteiger partial charge in [-0.05, 0) is 48.4 Å². The molecule has 4 aromatic rings. The van der Waals surface area contributed by atoms with Crippen LogP contribution in [-0.4, -0.2) is 27.9 Å². The summed E-state index contributed by atoms with van der Waals surface area (Å²) in [5, 5.41) is 7.91. The van der Waals surface area contributed by atoms with Crippen LogP contribution in [0.15, 0.2) is 67.0 Å². The number of anilines is 1. The Morgan fingerprint density at radius 1 is 1.11 bits per heavy atom. The topological polar surface area (TPSA) is 59.3 Å². The number of nitrogens with one attached hydrogen (secondary N) is 1.